The molecule has 0 aromatic carbocycles. The fourth-order valence-corrected chi connectivity index (χ4v) is 3.19. The molecule has 14 heavy (non-hydrogen) atoms. The van der Waals surface area contributed by atoms with Crippen molar-refractivity contribution in [3.63, 3.8) is 0 Å². The highest BCUT2D eigenvalue weighted by Gasteiger charge is 2.25. The van der Waals surface area contributed by atoms with Crippen LogP contribution in [0.25, 0.3) is 0 Å². The molecule has 2 aliphatic carbocycles. The molecule has 0 nitrogen and oxygen atoms in total. The Morgan fingerprint density at radius 2 is 1.86 bits per heavy atom. The second-order valence-corrected chi connectivity index (χ2v) is 5.60. The Hall–Kier alpha value is 0.0500. The van der Waals surface area contributed by atoms with Crippen molar-refractivity contribution in [1.29, 1.82) is 0 Å². The summed E-state index contributed by atoms with van der Waals surface area (Å²) in [6.07, 6.45) is 13.3. The van der Waals surface area contributed by atoms with E-state index in [1.807, 2.05) is 0 Å². The maximum atomic E-state index is 5.41. The van der Waals surface area contributed by atoms with Crippen molar-refractivity contribution in [2.75, 3.05) is 0 Å². The van der Waals surface area contributed by atoms with Gasteiger partial charge in [0.1, 0.15) is 0 Å². The van der Waals surface area contributed by atoms with Crippen molar-refractivity contribution >= 4 is 33.0 Å². The smallest absolute Gasteiger partial charge is 0.0224 e. The van der Waals surface area contributed by atoms with E-state index in [0.717, 1.165) is 10.8 Å². The molecule has 2 heteroatoms. The van der Waals surface area contributed by atoms with Crippen LogP contribution >= 0.6 is 28.1 Å². The van der Waals surface area contributed by atoms with Gasteiger partial charge in [-0.1, -0.05) is 53.5 Å². The van der Waals surface area contributed by atoms with Crippen LogP contribution in [0.2, 0.25) is 0 Å². The molecule has 76 valence electrons. The zero-order chi connectivity index (χ0) is 9.97. The average molecular weight is 271 g/mol. The summed E-state index contributed by atoms with van der Waals surface area (Å²) in [6.45, 7) is 0. The van der Waals surface area contributed by atoms with Crippen LogP contribution in [0.15, 0.2) is 22.7 Å². The van der Waals surface area contributed by atoms with E-state index >= 15 is 0 Å². The normalized spacial score (nSPS) is 29.1. The molecular formula is C12H15BrS. The molecule has 0 N–H and O–H groups in total. The van der Waals surface area contributed by atoms with Crippen molar-refractivity contribution < 1.29 is 0 Å². The molecular weight excluding hydrogens is 256 g/mol. The van der Waals surface area contributed by atoms with E-state index in [1.54, 1.807) is 0 Å². The Labute approximate surface area is 99.6 Å². The van der Waals surface area contributed by atoms with Gasteiger partial charge in [0.15, 0.2) is 0 Å². The molecule has 0 aromatic rings. The predicted octanol–water partition coefficient (Wildman–Crippen LogP) is 4.40. The van der Waals surface area contributed by atoms with E-state index in [1.165, 1.54) is 36.6 Å². The number of thiocarbonyl (C=S) groups is 1. The standard InChI is InChI=1S/C12H15BrS/c13-10-6-7-12(14)11(8-10)9-4-2-1-3-5-9/h6-9,11H,1-5H2. The van der Waals surface area contributed by atoms with Gasteiger partial charge in [-0.25, -0.2) is 0 Å². The number of hydrogen-bond acceptors (Lipinski definition) is 1. The summed E-state index contributed by atoms with van der Waals surface area (Å²) in [5, 5.41) is 0. The van der Waals surface area contributed by atoms with Gasteiger partial charge in [-0.2, -0.15) is 0 Å². The topological polar surface area (TPSA) is 0 Å². The summed E-state index contributed by atoms with van der Waals surface area (Å²) in [6, 6.07) is 0. The quantitative estimate of drug-likeness (QED) is 0.637. The summed E-state index contributed by atoms with van der Waals surface area (Å²) < 4.78 is 1.20. The molecule has 1 saturated carbocycles. The van der Waals surface area contributed by atoms with E-state index in [-0.39, 0.29) is 0 Å². The average Bonchev–Trinajstić information content (AvgIpc) is 2.23. The Balaban J connectivity index is 2.08. The van der Waals surface area contributed by atoms with Crippen molar-refractivity contribution in [3.8, 4) is 0 Å². The van der Waals surface area contributed by atoms with Gasteiger partial charge in [0, 0.05) is 15.3 Å². The molecule has 2 aliphatic rings. The highest BCUT2D eigenvalue weighted by molar-refractivity contribution is 9.11. The predicted molar refractivity (Wildman–Crippen MR) is 68.8 cm³/mol. The second kappa shape index (κ2) is 4.71. The minimum atomic E-state index is 0.518. The van der Waals surface area contributed by atoms with Gasteiger partial charge in [-0.15, -0.1) is 0 Å². The SMILES string of the molecule is S=C1C=CC(Br)=CC1C1CCCCC1. The Kier molecular flexibility index (Phi) is 3.56. The van der Waals surface area contributed by atoms with E-state index in [2.05, 4.69) is 34.2 Å². The van der Waals surface area contributed by atoms with Crippen LogP contribution in [0.4, 0.5) is 0 Å². The number of allylic oxidation sites excluding steroid dienone is 4. The van der Waals surface area contributed by atoms with E-state index in [0.29, 0.717) is 5.92 Å². The molecule has 0 heterocycles. The fraction of sp³-hybridized carbons (Fsp3) is 0.583. The third kappa shape index (κ3) is 2.34. The van der Waals surface area contributed by atoms with Crippen LogP contribution in [0.1, 0.15) is 32.1 Å². The molecule has 1 atom stereocenters. The van der Waals surface area contributed by atoms with Gasteiger partial charge in [0.25, 0.3) is 0 Å². The maximum absolute atomic E-state index is 5.41. The summed E-state index contributed by atoms with van der Waals surface area (Å²) in [5.41, 5.74) is 0. The zero-order valence-electron chi connectivity index (χ0n) is 8.21. The lowest BCUT2D eigenvalue weighted by Crippen LogP contribution is -2.23. The van der Waals surface area contributed by atoms with E-state index < -0.39 is 0 Å². The molecule has 1 fully saturated rings. The molecule has 0 saturated heterocycles. The summed E-state index contributed by atoms with van der Waals surface area (Å²) >= 11 is 8.95. The molecule has 2 rings (SSSR count). The van der Waals surface area contributed by atoms with Gasteiger partial charge >= 0.3 is 0 Å². The van der Waals surface area contributed by atoms with Crippen molar-refractivity contribution in [3.05, 3.63) is 22.7 Å². The summed E-state index contributed by atoms with van der Waals surface area (Å²) in [4.78, 5) is 1.13. The number of rotatable bonds is 1. The van der Waals surface area contributed by atoms with Crippen molar-refractivity contribution in [2.24, 2.45) is 11.8 Å². The minimum absolute atomic E-state index is 0.518. The lowest BCUT2D eigenvalue weighted by molar-refractivity contribution is 0.330. The van der Waals surface area contributed by atoms with Gasteiger partial charge in [0.2, 0.25) is 0 Å². The molecule has 0 radical (unpaired) electrons. The first-order chi connectivity index (χ1) is 6.77. The van der Waals surface area contributed by atoms with E-state index in [9.17, 15) is 0 Å². The molecule has 0 bridgehead atoms. The van der Waals surface area contributed by atoms with Crippen molar-refractivity contribution in [2.45, 2.75) is 32.1 Å². The minimum Gasteiger partial charge on any atom is -0.0843 e. The first-order valence-electron chi connectivity index (χ1n) is 5.36. The van der Waals surface area contributed by atoms with Gasteiger partial charge in [-0.3, -0.25) is 0 Å². The largest absolute Gasteiger partial charge is 0.0843 e. The van der Waals surface area contributed by atoms with Crippen molar-refractivity contribution in [1.82, 2.24) is 0 Å². The Bertz CT molecular complexity index is 285. The van der Waals surface area contributed by atoms with Crippen LogP contribution in [0.5, 0.6) is 0 Å². The number of hydrogen-bond donors (Lipinski definition) is 0. The van der Waals surface area contributed by atoms with Crippen LogP contribution < -0.4 is 0 Å². The van der Waals surface area contributed by atoms with Gasteiger partial charge in [0.05, 0.1) is 0 Å². The zero-order valence-corrected chi connectivity index (χ0v) is 10.6. The van der Waals surface area contributed by atoms with Crippen LogP contribution in [0, 0.1) is 11.8 Å². The second-order valence-electron chi connectivity index (χ2n) is 4.21. The number of halogens is 1. The van der Waals surface area contributed by atoms with Gasteiger partial charge in [-0.05, 0) is 30.9 Å². The summed E-state index contributed by atoms with van der Waals surface area (Å²) in [5.74, 6) is 1.32. The Morgan fingerprint density at radius 3 is 2.57 bits per heavy atom. The molecule has 0 aliphatic heterocycles. The monoisotopic (exact) mass is 270 g/mol. The van der Waals surface area contributed by atoms with Crippen LogP contribution in [0.3, 0.4) is 0 Å². The highest BCUT2D eigenvalue weighted by Crippen LogP contribution is 2.34. The highest BCUT2D eigenvalue weighted by atomic mass is 79.9. The molecule has 0 amide bonds. The fourth-order valence-electron chi connectivity index (χ4n) is 2.44. The lowest BCUT2D eigenvalue weighted by atomic mass is 9.77. The third-order valence-corrected chi connectivity index (χ3v) is 4.17. The maximum Gasteiger partial charge on any atom is 0.0224 e. The first-order valence-corrected chi connectivity index (χ1v) is 6.57. The summed E-state index contributed by atoms with van der Waals surface area (Å²) in [7, 11) is 0. The first kappa shape index (κ1) is 10.6. The van der Waals surface area contributed by atoms with Gasteiger partial charge < -0.3 is 0 Å². The van der Waals surface area contributed by atoms with E-state index in [4.69, 9.17) is 12.2 Å². The third-order valence-electron chi connectivity index (χ3n) is 3.23. The lowest BCUT2D eigenvalue weighted by Gasteiger charge is -2.29. The molecule has 1 unspecified atom stereocenters. The Morgan fingerprint density at radius 1 is 1.14 bits per heavy atom. The van der Waals surface area contributed by atoms with Crippen LogP contribution in [-0.4, -0.2) is 4.86 Å². The molecule has 0 spiro atoms. The molecule has 0 aromatic heterocycles. The van der Waals surface area contributed by atoms with Crippen LogP contribution in [-0.2, 0) is 0 Å².